The van der Waals surface area contributed by atoms with Gasteiger partial charge in [-0.2, -0.15) is 5.10 Å². The lowest BCUT2D eigenvalue weighted by Gasteiger charge is -2.18. The molecule has 2 N–H and O–H groups in total. The van der Waals surface area contributed by atoms with Crippen LogP contribution < -0.4 is 15.0 Å². The first-order valence-electron chi connectivity index (χ1n) is 9.77. The van der Waals surface area contributed by atoms with E-state index >= 15 is 0 Å². The van der Waals surface area contributed by atoms with E-state index in [1.165, 1.54) is 7.11 Å². The average molecular weight is 426 g/mol. The molecule has 0 bridgehead atoms. The molecular formula is C22H23N3O4S. The molecule has 0 saturated carbocycles. The second kappa shape index (κ2) is 7.95. The van der Waals surface area contributed by atoms with E-state index in [4.69, 9.17) is 4.74 Å². The van der Waals surface area contributed by atoms with E-state index in [-0.39, 0.29) is 16.2 Å². The van der Waals surface area contributed by atoms with E-state index in [1.807, 2.05) is 19.1 Å². The Morgan fingerprint density at radius 3 is 2.43 bits per heavy atom. The number of aromatic nitrogens is 2. The van der Waals surface area contributed by atoms with E-state index in [9.17, 15) is 13.2 Å². The average Bonchev–Trinajstić information content (AvgIpc) is 2.75. The van der Waals surface area contributed by atoms with Crippen molar-refractivity contribution in [1.82, 2.24) is 10.2 Å². The molecule has 0 amide bonds. The summed E-state index contributed by atoms with van der Waals surface area (Å²) in [5.74, 6) is 0.233. The minimum atomic E-state index is -3.90. The van der Waals surface area contributed by atoms with Crippen molar-refractivity contribution in [3.8, 4) is 17.0 Å². The van der Waals surface area contributed by atoms with Gasteiger partial charge in [0, 0.05) is 16.8 Å². The molecule has 156 valence electrons. The van der Waals surface area contributed by atoms with Gasteiger partial charge in [-0.1, -0.05) is 17.7 Å². The predicted molar refractivity (Wildman–Crippen MR) is 115 cm³/mol. The number of methoxy groups -OCH3 is 1. The van der Waals surface area contributed by atoms with Crippen LogP contribution in [0, 0.1) is 6.92 Å². The molecule has 0 aliphatic heterocycles. The minimum absolute atomic E-state index is 0.0145. The maximum absolute atomic E-state index is 13.1. The smallest absolute Gasteiger partial charge is 0.267 e. The molecule has 2 aromatic carbocycles. The van der Waals surface area contributed by atoms with Gasteiger partial charge in [0.05, 0.1) is 12.8 Å². The van der Waals surface area contributed by atoms with Crippen LogP contribution in [0.2, 0.25) is 0 Å². The Balaban J connectivity index is 1.80. The zero-order valence-electron chi connectivity index (χ0n) is 16.9. The number of H-pyrrole nitrogens is 1. The molecule has 0 fully saturated rings. The highest BCUT2D eigenvalue weighted by molar-refractivity contribution is 7.92. The van der Waals surface area contributed by atoms with Gasteiger partial charge >= 0.3 is 0 Å². The highest BCUT2D eigenvalue weighted by Crippen LogP contribution is 2.33. The zero-order valence-corrected chi connectivity index (χ0v) is 17.7. The standard InChI is InChI=1S/C22H23N3O4S/c1-14-7-10-16(11-8-14)25-30(27,28)20-13-15(9-12-19(20)29-2)21-17-5-3-4-6-18(17)22(26)24-23-21/h7-13,25H,3-6H2,1-2H3,(H,24,26). The summed E-state index contributed by atoms with van der Waals surface area (Å²) in [6, 6.07) is 12.0. The first-order chi connectivity index (χ1) is 14.4. The van der Waals surface area contributed by atoms with Crippen molar-refractivity contribution in [2.45, 2.75) is 37.5 Å². The number of rotatable bonds is 5. The minimum Gasteiger partial charge on any atom is -0.495 e. The van der Waals surface area contributed by atoms with Gasteiger partial charge in [-0.3, -0.25) is 9.52 Å². The quantitative estimate of drug-likeness (QED) is 0.652. The van der Waals surface area contributed by atoms with Gasteiger partial charge in [-0.05, 0) is 68.5 Å². The third-order valence-electron chi connectivity index (χ3n) is 5.33. The van der Waals surface area contributed by atoms with E-state index in [1.54, 1.807) is 30.3 Å². The van der Waals surface area contributed by atoms with Gasteiger partial charge in [0.1, 0.15) is 10.6 Å². The molecule has 8 heteroatoms. The molecule has 1 aromatic heterocycles. The van der Waals surface area contributed by atoms with E-state index < -0.39 is 10.0 Å². The number of nitrogens with zero attached hydrogens (tertiary/aromatic N) is 1. The number of benzene rings is 2. The van der Waals surface area contributed by atoms with Crippen molar-refractivity contribution in [3.05, 3.63) is 69.5 Å². The lowest BCUT2D eigenvalue weighted by atomic mass is 9.90. The number of hydrogen-bond acceptors (Lipinski definition) is 5. The van der Waals surface area contributed by atoms with E-state index in [0.717, 1.165) is 36.0 Å². The largest absolute Gasteiger partial charge is 0.495 e. The van der Waals surface area contributed by atoms with Crippen LogP contribution in [0.4, 0.5) is 5.69 Å². The second-order valence-corrected chi connectivity index (χ2v) is 9.05. The van der Waals surface area contributed by atoms with Gasteiger partial charge < -0.3 is 4.74 Å². The molecule has 0 unspecified atom stereocenters. The number of aromatic amines is 1. The molecule has 30 heavy (non-hydrogen) atoms. The summed E-state index contributed by atoms with van der Waals surface area (Å²) in [7, 11) is -2.47. The third-order valence-corrected chi connectivity index (χ3v) is 6.73. The molecule has 1 heterocycles. The van der Waals surface area contributed by atoms with Gasteiger partial charge in [0.25, 0.3) is 15.6 Å². The molecule has 1 aliphatic carbocycles. The first-order valence-corrected chi connectivity index (χ1v) is 11.3. The van der Waals surface area contributed by atoms with Gasteiger partial charge in [-0.15, -0.1) is 0 Å². The van der Waals surface area contributed by atoms with Crippen molar-refractivity contribution >= 4 is 15.7 Å². The Bertz CT molecular complexity index is 1250. The fourth-order valence-electron chi connectivity index (χ4n) is 3.76. The molecule has 0 saturated heterocycles. The molecule has 1 aliphatic rings. The SMILES string of the molecule is COc1ccc(-c2n[nH]c(=O)c3c2CCCC3)cc1S(=O)(=O)Nc1ccc(C)cc1. The van der Waals surface area contributed by atoms with E-state index in [2.05, 4.69) is 14.9 Å². The van der Waals surface area contributed by atoms with Crippen LogP contribution in [-0.4, -0.2) is 25.7 Å². The van der Waals surface area contributed by atoms with Crippen LogP contribution in [0.25, 0.3) is 11.3 Å². The van der Waals surface area contributed by atoms with Crippen LogP contribution in [0.15, 0.2) is 52.2 Å². The molecule has 3 aromatic rings. The third kappa shape index (κ3) is 3.82. The fourth-order valence-corrected chi connectivity index (χ4v) is 5.02. The number of sulfonamides is 1. The van der Waals surface area contributed by atoms with Crippen molar-refractivity contribution < 1.29 is 13.2 Å². The molecule has 0 spiro atoms. The number of hydrogen-bond donors (Lipinski definition) is 2. The predicted octanol–water partition coefficient (Wildman–Crippen LogP) is 3.43. The van der Waals surface area contributed by atoms with Crippen LogP contribution in [-0.2, 0) is 22.9 Å². The van der Waals surface area contributed by atoms with Crippen LogP contribution in [0.3, 0.4) is 0 Å². The molecular weight excluding hydrogens is 402 g/mol. The summed E-state index contributed by atoms with van der Waals surface area (Å²) in [6.45, 7) is 1.93. The number of ether oxygens (including phenoxy) is 1. The Hall–Kier alpha value is -3.13. The van der Waals surface area contributed by atoms with E-state index in [0.29, 0.717) is 23.4 Å². The lowest BCUT2D eigenvalue weighted by molar-refractivity contribution is 0.403. The second-order valence-electron chi connectivity index (χ2n) is 7.40. The summed E-state index contributed by atoms with van der Waals surface area (Å²) < 4.78 is 34.2. The van der Waals surface area contributed by atoms with Gasteiger partial charge in [0.2, 0.25) is 0 Å². The Labute approximate surface area is 175 Å². The molecule has 0 atom stereocenters. The maximum Gasteiger partial charge on any atom is 0.267 e. The summed E-state index contributed by atoms with van der Waals surface area (Å²) in [5.41, 5.74) is 4.19. The van der Waals surface area contributed by atoms with Crippen molar-refractivity contribution in [2.24, 2.45) is 0 Å². The Morgan fingerprint density at radius 2 is 1.73 bits per heavy atom. The first kappa shape index (κ1) is 20.2. The topological polar surface area (TPSA) is 101 Å². The van der Waals surface area contributed by atoms with Crippen molar-refractivity contribution in [3.63, 3.8) is 0 Å². The zero-order chi connectivity index (χ0) is 21.3. The highest BCUT2D eigenvalue weighted by atomic mass is 32.2. The molecule has 4 rings (SSSR count). The van der Waals surface area contributed by atoms with Crippen LogP contribution in [0.5, 0.6) is 5.75 Å². The number of fused-ring (bicyclic) bond motifs is 1. The maximum atomic E-state index is 13.1. The Morgan fingerprint density at radius 1 is 1.03 bits per heavy atom. The summed E-state index contributed by atoms with van der Waals surface area (Å²) in [4.78, 5) is 12.2. The fraction of sp³-hybridized carbons (Fsp3) is 0.273. The monoisotopic (exact) mass is 425 g/mol. The van der Waals surface area contributed by atoms with Crippen LogP contribution >= 0.6 is 0 Å². The lowest BCUT2D eigenvalue weighted by Crippen LogP contribution is -2.21. The van der Waals surface area contributed by atoms with Gasteiger partial charge in [-0.25, -0.2) is 13.5 Å². The van der Waals surface area contributed by atoms with Crippen LogP contribution in [0.1, 0.15) is 29.5 Å². The number of nitrogens with one attached hydrogen (secondary N) is 2. The summed E-state index contributed by atoms with van der Waals surface area (Å²) in [6.07, 6.45) is 3.39. The molecule has 0 radical (unpaired) electrons. The highest BCUT2D eigenvalue weighted by Gasteiger charge is 2.24. The number of aryl methyl sites for hydroxylation is 1. The number of anilines is 1. The summed E-state index contributed by atoms with van der Waals surface area (Å²) in [5, 5.41) is 6.80. The van der Waals surface area contributed by atoms with Crippen molar-refractivity contribution in [1.29, 1.82) is 0 Å². The summed E-state index contributed by atoms with van der Waals surface area (Å²) >= 11 is 0. The van der Waals surface area contributed by atoms with Gasteiger partial charge in [0.15, 0.2) is 0 Å². The Kier molecular flexibility index (Phi) is 5.34. The normalized spacial score (nSPS) is 13.5. The molecule has 7 nitrogen and oxygen atoms in total. The van der Waals surface area contributed by atoms with Crippen molar-refractivity contribution in [2.75, 3.05) is 11.8 Å².